The molecule has 1 unspecified atom stereocenters. The SMILES string of the molecule is CC(CC1CC1)NCCCO. The molecule has 0 aromatic carbocycles. The van der Waals surface area contributed by atoms with E-state index in [1.54, 1.807) is 0 Å². The van der Waals surface area contributed by atoms with Gasteiger partial charge in [0.15, 0.2) is 0 Å². The highest BCUT2D eigenvalue weighted by Crippen LogP contribution is 2.33. The fraction of sp³-hybridized carbons (Fsp3) is 1.00. The maximum absolute atomic E-state index is 8.53. The Balaban J connectivity index is 1.87. The molecule has 1 aliphatic carbocycles. The third kappa shape index (κ3) is 4.38. The van der Waals surface area contributed by atoms with Crippen LogP contribution >= 0.6 is 0 Å². The van der Waals surface area contributed by atoms with Gasteiger partial charge in [-0.2, -0.15) is 0 Å². The first-order valence-electron chi connectivity index (χ1n) is 4.67. The van der Waals surface area contributed by atoms with Gasteiger partial charge in [-0.05, 0) is 32.2 Å². The van der Waals surface area contributed by atoms with Crippen LogP contribution in [0, 0.1) is 5.92 Å². The maximum Gasteiger partial charge on any atom is 0.0443 e. The highest BCUT2D eigenvalue weighted by atomic mass is 16.3. The summed E-state index contributed by atoms with van der Waals surface area (Å²) in [7, 11) is 0. The Labute approximate surface area is 69.0 Å². The Bertz CT molecular complexity index is 102. The minimum atomic E-state index is 0.309. The fourth-order valence-corrected chi connectivity index (χ4v) is 1.36. The highest BCUT2D eigenvalue weighted by molar-refractivity contribution is 4.77. The predicted molar refractivity (Wildman–Crippen MR) is 46.5 cm³/mol. The number of rotatable bonds is 6. The molecule has 11 heavy (non-hydrogen) atoms. The number of hydrogen-bond donors (Lipinski definition) is 2. The largest absolute Gasteiger partial charge is 0.396 e. The molecule has 0 aromatic rings. The molecule has 1 fully saturated rings. The monoisotopic (exact) mass is 157 g/mol. The van der Waals surface area contributed by atoms with Crippen molar-refractivity contribution in [3.8, 4) is 0 Å². The Kier molecular flexibility index (Phi) is 3.87. The summed E-state index contributed by atoms with van der Waals surface area (Å²) in [5.74, 6) is 1.01. The van der Waals surface area contributed by atoms with Crippen molar-refractivity contribution in [1.82, 2.24) is 5.32 Å². The third-order valence-corrected chi connectivity index (χ3v) is 2.21. The summed E-state index contributed by atoms with van der Waals surface area (Å²) < 4.78 is 0. The van der Waals surface area contributed by atoms with Crippen molar-refractivity contribution in [2.24, 2.45) is 5.92 Å². The van der Waals surface area contributed by atoms with Crippen LogP contribution in [0.25, 0.3) is 0 Å². The van der Waals surface area contributed by atoms with E-state index < -0.39 is 0 Å². The number of hydrogen-bond acceptors (Lipinski definition) is 2. The molecule has 1 aliphatic rings. The standard InChI is InChI=1S/C9H19NO/c1-8(7-9-3-4-9)10-5-2-6-11/h8-11H,2-7H2,1H3. The van der Waals surface area contributed by atoms with Gasteiger partial charge in [0, 0.05) is 12.6 Å². The zero-order valence-corrected chi connectivity index (χ0v) is 7.34. The molecule has 1 saturated carbocycles. The van der Waals surface area contributed by atoms with Crippen molar-refractivity contribution in [2.75, 3.05) is 13.2 Å². The van der Waals surface area contributed by atoms with Gasteiger partial charge < -0.3 is 10.4 Å². The number of nitrogens with one attached hydrogen (secondary N) is 1. The molecule has 2 heteroatoms. The van der Waals surface area contributed by atoms with Crippen molar-refractivity contribution >= 4 is 0 Å². The second kappa shape index (κ2) is 4.73. The summed E-state index contributed by atoms with van der Waals surface area (Å²) in [6.45, 7) is 3.50. The molecular formula is C9H19NO. The molecule has 0 aromatic heterocycles. The summed E-state index contributed by atoms with van der Waals surface area (Å²) in [4.78, 5) is 0. The van der Waals surface area contributed by atoms with Crippen molar-refractivity contribution in [3.05, 3.63) is 0 Å². The van der Waals surface area contributed by atoms with Crippen LogP contribution in [0.4, 0.5) is 0 Å². The van der Waals surface area contributed by atoms with Crippen molar-refractivity contribution < 1.29 is 5.11 Å². The molecule has 0 aliphatic heterocycles. The molecule has 0 saturated heterocycles. The maximum atomic E-state index is 8.53. The van der Waals surface area contributed by atoms with Crippen molar-refractivity contribution in [1.29, 1.82) is 0 Å². The van der Waals surface area contributed by atoms with Gasteiger partial charge in [-0.15, -0.1) is 0 Å². The second-order valence-electron chi connectivity index (χ2n) is 3.61. The fourth-order valence-electron chi connectivity index (χ4n) is 1.36. The topological polar surface area (TPSA) is 32.3 Å². The van der Waals surface area contributed by atoms with E-state index in [4.69, 9.17) is 5.11 Å². The van der Waals surface area contributed by atoms with Crippen LogP contribution in [-0.2, 0) is 0 Å². The first-order chi connectivity index (χ1) is 5.33. The van der Waals surface area contributed by atoms with Gasteiger partial charge >= 0.3 is 0 Å². The predicted octanol–water partition coefficient (Wildman–Crippen LogP) is 1.15. The smallest absolute Gasteiger partial charge is 0.0443 e. The molecule has 66 valence electrons. The van der Waals surface area contributed by atoms with E-state index in [0.29, 0.717) is 12.6 Å². The summed E-state index contributed by atoms with van der Waals surface area (Å²) in [5, 5.41) is 11.9. The molecule has 0 spiro atoms. The zero-order chi connectivity index (χ0) is 8.10. The van der Waals surface area contributed by atoms with Crippen molar-refractivity contribution in [2.45, 2.75) is 38.6 Å². The average molecular weight is 157 g/mol. The number of aliphatic hydroxyl groups is 1. The summed E-state index contributed by atoms with van der Waals surface area (Å²) in [6, 6.07) is 0.647. The third-order valence-electron chi connectivity index (χ3n) is 2.21. The van der Waals surface area contributed by atoms with E-state index in [1.165, 1.54) is 19.3 Å². The molecule has 1 rings (SSSR count). The van der Waals surface area contributed by atoms with Crippen LogP contribution in [0.15, 0.2) is 0 Å². The van der Waals surface area contributed by atoms with Gasteiger partial charge in [0.2, 0.25) is 0 Å². The summed E-state index contributed by atoms with van der Waals surface area (Å²) >= 11 is 0. The van der Waals surface area contributed by atoms with Gasteiger partial charge in [0.1, 0.15) is 0 Å². The van der Waals surface area contributed by atoms with Crippen LogP contribution in [0.2, 0.25) is 0 Å². The molecule has 0 heterocycles. The molecular weight excluding hydrogens is 138 g/mol. The quantitative estimate of drug-likeness (QED) is 0.567. The van der Waals surface area contributed by atoms with Crippen LogP contribution in [-0.4, -0.2) is 24.3 Å². The zero-order valence-electron chi connectivity index (χ0n) is 7.34. The Morgan fingerprint density at radius 1 is 1.55 bits per heavy atom. The number of aliphatic hydroxyl groups excluding tert-OH is 1. The normalized spacial score (nSPS) is 20.2. The van der Waals surface area contributed by atoms with E-state index in [0.717, 1.165) is 18.9 Å². The van der Waals surface area contributed by atoms with Crippen LogP contribution < -0.4 is 5.32 Å². The molecule has 1 atom stereocenters. The van der Waals surface area contributed by atoms with Gasteiger partial charge in [-0.3, -0.25) is 0 Å². The van der Waals surface area contributed by atoms with Gasteiger partial charge in [-0.1, -0.05) is 12.8 Å². The lowest BCUT2D eigenvalue weighted by atomic mass is 10.1. The molecule has 0 amide bonds. The van der Waals surface area contributed by atoms with E-state index >= 15 is 0 Å². The second-order valence-corrected chi connectivity index (χ2v) is 3.61. The lowest BCUT2D eigenvalue weighted by Crippen LogP contribution is -2.27. The van der Waals surface area contributed by atoms with Gasteiger partial charge in [-0.25, -0.2) is 0 Å². The first kappa shape index (κ1) is 9.01. The molecule has 0 bridgehead atoms. The summed E-state index contributed by atoms with van der Waals surface area (Å²) in [6.07, 6.45) is 5.08. The highest BCUT2D eigenvalue weighted by Gasteiger charge is 2.22. The van der Waals surface area contributed by atoms with Crippen molar-refractivity contribution in [3.63, 3.8) is 0 Å². The molecule has 0 radical (unpaired) electrons. The summed E-state index contributed by atoms with van der Waals surface area (Å²) in [5.41, 5.74) is 0. The van der Waals surface area contributed by atoms with E-state index in [9.17, 15) is 0 Å². The Morgan fingerprint density at radius 3 is 2.82 bits per heavy atom. The van der Waals surface area contributed by atoms with Gasteiger partial charge in [0.05, 0.1) is 0 Å². The molecule has 2 N–H and O–H groups in total. The van der Waals surface area contributed by atoms with E-state index in [2.05, 4.69) is 12.2 Å². The minimum Gasteiger partial charge on any atom is -0.396 e. The lowest BCUT2D eigenvalue weighted by molar-refractivity contribution is 0.282. The van der Waals surface area contributed by atoms with Crippen LogP contribution in [0.5, 0.6) is 0 Å². The lowest BCUT2D eigenvalue weighted by Gasteiger charge is -2.11. The molecule has 2 nitrogen and oxygen atoms in total. The van der Waals surface area contributed by atoms with Crippen LogP contribution in [0.3, 0.4) is 0 Å². The van der Waals surface area contributed by atoms with Gasteiger partial charge in [0.25, 0.3) is 0 Å². The first-order valence-corrected chi connectivity index (χ1v) is 4.67. The van der Waals surface area contributed by atoms with Crippen LogP contribution in [0.1, 0.15) is 32.6 Å². The Morgan fingerprint density at radius 2 is 2.27 bits per heavy atom. The Hall–Kier alpha value is -0.0800. The van der Waals surface area contributed by atoms with E-state index in [-0.39, 0.29) is 0 Å². The average Bonchev–Trinajstić information content (AvgIpc) is 2.72. The van der Waals surface area contributed by atoms with E-state index in [1.807, 2.05) is 0 Å². The minimum absolute atomic E-state index is 0.309.